The van der Waals surface area contributed by atoms with Gasteiger partial charge in [-0.15, -0.1) is 34.4 Å². The molecule has 0 spiro atoms. The number of hydrogen-bond acceptors (Lipinski definition) is 5. The highest BCUT2D eigenvalue weighted by Gasteiger charge is 2.29. The Kier molecular flexibility index (Phi) is 6.64. The first kappa shape index (κ1) is 21.2. The number of ether oxygens (including phenoxy) is 1. The Morgan fingerprint density at radius 1 is 0.767 bits per heavy atom. The Morgan fingerprint density at radius 3 is 1.57 bits per heavy atom. The predicted molar refractivity (Wildman–Crippen MR) is 134 cm³/mol. The van der Waals surface area contributed by atoms with Crippen molar-refractivity contribution in [1.29, 1.82) is 0 Å². The van der Waals surface area contributed by atoms with Gasteiger partial charge in [0.05, 0.1) is 14.9 Å². The molecule has 0 saturated carbocycles. The smallest absolute Gasteiger partial charge is 0.350 e. The minimum absolute atomic E-state index is 0.265. The van der Waals surface area contributed by atoms with Crippen LogP contribution in [0.2, 0.25) is 0 Å². The quantitative estimate of drug-likeness (QED) is 0.209. The largest absolute Gasteiger partial charge is 0.465 e. The van der Waals surface area contributed by atoms with Gasteiger partial charge in [-0.1, -0.05) is 91.0 Å². The van der Waals surface area contributed by atoms with E-state index in [1.165, 1.54) is 26.6 Å². The number of carbonyl (C=O) groups is 1. The molecular formula is C24H21O2PS3. The molecule has 0 aliphatic rings. The zero-order valence-electron chi connectivity index (χ0n) is 16.6. The molecule has 1 aromatic heterocycles. The first-order valence-electron chi connectivity index (χ1n) is 9.37. The zero-order valence-corrected chi connectivity index (χ0v) is 20.0. The Labute approximate surface area is 189 Å². The summed E-state index contributed by atoms with van der Waals surface area (Å²) in [4.78, 5) is 13.2. The van der Waals surface area contributed by atoms with Gasteiger partial charge in [-0.3, -0.25) is 0 Å². The van der Waals surface area contributed by atoms with Crippen molar-refractivity contribution >= 4 is 63.2 Å². The van der Waals surface area contributed by atoms with Gasteiger partial charge < -0.3 is 4.74 Å². The molecule has 0 saturated heterocycles. The molecule has 0 bridgehead atoms. The van der Waals surface area contributed by atoms with Crippen molar-refractivity contribution < 1.29 is 9.53 Å². The average Bonchev–Trinajstić information content (AvgIpc) is 3.26. The van der Waals surface area contributed by atoms with E-state index in [-0.39, 0.29) is 5.97 Å². The second-order valence-corrected chi connectivity index (χ2v) is 13.8. The number of esters is 1. The van der Waals surface area contributed by atoms with Crippen LogP contribution < -0.4 is 15.9 Å². The van der Waals surface area contributed by atoms with Crippen molar-refractivity contribution in [2.75, 3.05) is 13.4 Å². The fourth-order valence-electron chi connectivity index (χ4n) is 3.48. The number of hydrogen-bond donors (Lipinski definition) is 0. The van der Waals surface area contributed by atoms with Crippen molar-refractivity contribution in [3.8, 4) is 0 Å². The molecule has 30 heavy (non-hydrogen) atoms. The van der Waals surface area contributed by atoms with Crippen molar-refractivity contribution in [1.82, 2.24) is 0 Å². The van der Waals surface area contributed by atoms with Crippen molar-refractivity contribution in [3.05, 3.63) is 99.4 Å². The van der Waals surface area contributed by atoms with Crippen LogP contribution in [-0.4, -0.2) is 19.3 Å². The van der Waals surface area contributed by atoms with E-state index in [1.54, 1.807) is 34.4 Å². The van der Waals surface area contributed by atoms with Crippen LogP contribution in [0.1, 0.15) is 9.67 Å². The van der Waals surface area contributed by atoms with E-state index in [9.17, 15) is 4.79 Å². The molecule has 0 atom stereocenters. The van der Waals surface area contributed by atoms with Crippen LogP contribution in [-0.2, 0) is 4.74 Å². The summed E-state index contributed by atoms with van der Waals surface area (Å²) in [5, 5.41) is 3.84. The monoisotopic (exact) mass is 468 g/mol. The lowest BCUT2D eigenvalue weighted by Crippen LogP contribution is -2.25. The fourth-order valence-corrected chi connectivity index (χ4v) is 13.7. The second kappa shape index (κ2) is 9.40. The summed E-state index contributed by atoms with van der Waals surface area (Å²) >= 11 is 4.91. The van der Waals surface area contributed by atoms with Crippen molar-refractivity contribution in [3.63, 3.8) is 0 Å². The Hall–Kier alpha value is -2.04. The van der Waals surface area contributed by atoms with Gasteiger partial charge >= 0.3 is 5.97 Å². The van der Waals surface area contributed by atoms with E-state index in [2.05, 4.69) is 91.0 Å². The van der Waals surface area contributed by atoms with Gasteiger partial charge in [0.2, 0.25) is 0 Å². The molecule has 0 aliphatic heterocycles. The van der Waals surface area contributed by atoms with Crippen LogP contribution in [0, 0.1) is 3.57 Å². The molecular weight excluding hydrogens is 447 g/mol. The van der Waals surface area contributed by atoms with Crippen molar-refractivity contribution in [2.45, 2.75) is 4.21 Å². The molecule has 0 radical (unpaired) electrons. The molecule has 1 heterocycles. The zero-order chi connectivity index (χ0) is 21.0. The summed E-state index contributed by atoms with van der Waals surface area (Å²) in [7, 11) is 1.45. The summed E-state index contributed by atoms with van der Waals surface area (Å²) in [5.74, 6) is -0.265. The molecule has 152 valence electrons. The molecule has 3 aromatic carbocycles. The Morgan fingerprint density at radius 2 is 1.20 bits per heavy atom. The molecule has 0 N–H and O–H groups in total. The maximum Gasteiger partial charge on any atom is 0.350 e. The number of methoxy groups -OCH3 is 1. The number of rotatable bonds is 5. The molecule has 0 aliphatic carbocycles. The molecule has 2 nitrogen and oxygen atoms in total. The number of benzene rings is 3. The molecule has 0 amide bonds. The van der Waals surface area contributed by atoms with E-state index in [0.717, 1.165) is 4.21 Å². The van der Waals surface area contributed by atoms with Crippen LogP contribution in [0.4, 0.5) is 0 Å². The lowest BCUT2D eigenvalue weighted by Gasteiger charge is -2.27. The highest BCUT2D eigenvalue weighted by atomic mass is 32.2. The van der Waals surface area contributed by atoms with E-state index in [1.807, 2.05) is 6.26 Å². The minimum Gasteiger partial charge on any atom is -0.465 e. The van der Waals surface area contributed by atoms with Crippen LogP contribution in [0.15, 0.2) is 95.2 Å². The Balaban J connectivity index is 2.27. The molecule has 0 fully saturated rings. The third kappa shape index (κ3) is 3.72. The summed E-state index contributed by atoms with van der Waals surface area (Å²) in [6.45, 7) is -2.16. The molecule has 4 aromatic rings. The standard InChI is InChI=1S/C24H21O2PS3/c1-26-22(25)21-23(28-2)30-24(29-21)27(18-12-6-3-7-13-18,19-14-8-4-9-15-19)20-16-10-5-11-17-20/h3-17H,1-2H3. The second-order valence-electron chi connectivity index (χ2n) is 6.46. The van der Waals surface area contributed by atoms with E-state index >= 15 is 0 Å². The van der Waals surface area contributed by atoms with Crippen LogP contribution in [0.5, 0.6) is 0 Å². The topological polar surface area (TPSA) is 26.3 Å². The van der Waals surface area contributed by atoms with Crippen molar-refractivity contribution in [2.24, 2.45) is 0 Å². The highest BCUT2D eigenvalue weighted by Crippen LogP contribution is 2.52. The normalized spacial score (nSPS) is 11.3. The molecule has 6 heteroatoms. The maximum atomic E-state index is 12.5. The maximum absolute atomic E-state index is 12.5. The lowest BCUT2D eigenvalue weighted by molar-refractivity contribution is 0.0603. The first-order chi connectivity index (χ1) is 14.7. The third-order valence-corrected chi connectivity index (χ3v) is 14.2. The van der Waals surface area contributed by atoms with Crippen LogP contribution in [0.25, 0.3) is 0 Å². The van der Waals surface area contributed by atoms with Gasteiger partial charge in [-0.05, 0) is 22.2 Å². The van der Waals surface area contributed by atoms with Crippen LogP contribution in [0.3, 0.4) is 0 Å². The SMILES string of the molecule is COC(=O)c1sc(=P(c2ccccc2)(c2ccccc2)c2ccccc2)sc1SC. The summed E-state index contributed by atoms with van der Waals surface area (Å²) in [6, 6.07) is 32.1. The number of carbonyl (C=O) groups excluding carboxylic acids is 1. The first-order valence-corrected chi connectivity index (χ1v) is 14.0. The summed E-state index contributed by atoms with van der Waals surface area (Å²) in [5.41, 5.74) is 0. The van der Waals surface area contributed by atoms with Gasteiger partial charge in [0.15, 0.2) is 0 Å². The van der Waals surface area contributed by atoms with Gasteiger partial charge in [-0.25, -0.2) is 4.79 Å². The minimum atomic E-state index is -2.16. The van der Waals surface area contributed by atoms with E-state index in [4.69, 9.17) is 4.74 Å². The van der Waals surface area contributed by atoms with Gasteiger partial charge in [0.1, 0.15) is 4.88 Å². The van der Waals surface area contributed by atoms with E-state index in [0.29, 0.717) is 4.88 Å². The van der Waals surface area contributed by atoms with Gasteiger partial charge in [0, 0.05) is 6.89 Å². The van der Waals surface area contributed by atoms with Gasteiger partial charge in [-0.2, -0.15) is 0 Å². The molecule has 0 unspecified atom stereocenters. The predicted octanol–water partition coefficient (Wildman–Crippen LogP) is 5.84. The van der Waals surface area contributed by atoms with Gasteiger partial charge in [0.25, 0.3) is 0 Å². The summed E-state index contributed by atoms with van der Waals surface area (Å²) < 4.78 is 7.35. The fraction of sp³-hybridized carbons (Fsp3) is 0.0833. The average molecular weight is 469 g/mol. The molecule has 4 rings (SSSR count). The Bertz CT molecular complexity index is 1130. The number of thioether (sulfide) groups is 1. The highest BCUT2D eigenvalue weighted by molar-refractivity contribution is 8.01. The van der Waals surface area contributed by atoms with Crippen LogP contribution >= 0.6 is 41.3 Å². The van der Waals surface area contributed by atoms with E-state index < -0.39 is 6.89 Å². The lowest BCUT2D eigenvalue weighted by atomic mass is 10.4. The third-order valence-electron chi connectivity index (χ3n) is 4.82. The summed E-state index contributed by atoms with van der Waals surface area (Å²) in [6.07, 6.45) is 2.02.